The van der Waals surface area contributed by atoms with Gasteiger partial charge in [-0.15, -0.1) is 0 Å². The molecule has 0 radical (unpaired) electrons. The molecular formula is C9H10Cl2FNO2. The molecule has 0 fully saturated rings. The second kappa shape index (κ2) is 5.09. The molecule has 0 aliphatic rings. The van der Waals surface area contributed by atoms with E-state index in [9.17, 15) is 14.6 Å². The van der Waals surface area contributed by atoms with Crippen molar-refractivity contribution < 1.29 is 14.6 Å². The average Bonchev–Trinajstić information content (AvgIpc) is 2.21. The molecule has 0 amide bonds. The fourth-order valence-electron chi connectivity index (χ4n) is 1.13. The second-order valence-corrected chi connectivity index (χ2v) is 3.85. The van der Waals surface area contributed by atoms with Crippen LogP contribution in [0.25, 0.3) is 0 Å². The van der Waals surface area contributed by atoms with Crippen molar-refractivity contribution in [1.82, 2.24) is 0 Å². The molecule has 0 bridgehead atoms. The van der Waals surface area contributed by atoms with Gasteiger partial charge in [0.25, 0.3) is 0 Å². The van der Waals surface area contributed by atoms with Crippen LogP contribution in [0.15, 0.2) is 12.1 Å². The highest BCUT2D eigenvalue weighted by Gasteiger charge is 2.21. The number of hydrogen-bond donors (Lipinski definition) is 3. The smallest absolute Gasteiger partial charge is 0.143 e. The van der Waals surface area contributed by atoms with Gasteiger partial charge in [0, 0.05) is 17.1 Å². The average molecular weight is 254 g/mol. The van der Waals surface area contributed by atoms with Gasteiger partial charge in [0.1, 0.15) is 11.9 Å². The van der Waals surface area contributed by atoms with E-state index in [1.54, 1.807) is 0 Å². The van der Waals surface area contributed by atoms with Gasteiger partial charge < -0.3 is 15.9 Å². The molecule has 15 heavy (non-hydrogen) atoms. The summed E-state index contributed by atoms with van der Waals surface area (Å²) in [7, 11) is 0. The van der Waals surface area contributed by atoms with Crippen LogP contribution in [0, 0.1) is 5.82 Å². The van der Waals surface area contributed by atoms with Crippen molar-refractivity contribution in [2.24, 2.45) is 5.73 Å². The third-order valence-electron chi connectivity index (χ3n) is 1.95. The highest BCUT2D eigenvalue weighted by atomic mass is 35.5. The lowest BCUT2D eigenvalue weighted by molar-refractivity contribution is 0.0242. The van der Waals surface area contributed by atoms with Crippen LogP contribution in [0.4, 0.5) is 4.39 Å². The third kappa shape index (κ3) is 2.80. The minimum Gasteiger partial charge on any atom is -0.389 e. The summed E-state index contributed by atoms with van der Waals surface area (Å²) in [4.78, 5) is 0. The summed E-state index contributed by atoms with van der Waals surface area (Å²) in [6, 6.07) is 2.31. The van der Waals surface area contributed by atoms with Crippen LogP contribution < -0.4 is 5.73 Å². The van der Waals surface area contributed by atoms with Gasteiger partial charge in [-0.1, -0.05) is 23.2 Å². The van der Waals surface area contributed by atoms with Gasteiger partial charge >= 0.3 is 0 Å². The lowest BCUT2D eigenvalue weighted by Gasteiger charge is -2.18. The van der Waals surface area contributed by atoms with E-state index in [2.05, 4.69) is 0 Å². The number of aliphatic hydroxyl groups is 2. The molecule has 3 nitrogen and oxygen atoms in total. The monoisotopic (exact) mass is 253 g/mol. The van der Waals surface area contributed by atoms with Crippen LogP contribution in [0.3, 0.4) is 0 Å². The molecule has 84 valence electrons. The summed E-state index contributed by atoms with van der Waals surface area (Å²) >= 11 is 11.2. The molecule has 2 unspecified atom stereocenters. The van der Waals surface area contributed by atoms with Crippen LogP contribution in [0.1, 0.15) is 11.7 Å². The van der Waals surface area contributed by atoms with Crippen molar-refractivity contribution in [1.29, 1.82) is 0 Å². The van der Waals surface area contributed by atoms with E-state index < -0.39 is 18.0 Å². The summed E-state index contributed by atoms with van der Waals surface area (Å²) < 4.78 is 13.1. The standard InChI is InChI=1S/C9H10Cl2FNO2/c10-4-1-5(8(11)6(12)2-4)9(15)7(14)3-13/h1-2,7,9,14-15H,3,13H2. The first-order valence-electron chi connectivity index (χ1n) is 4.18. The van der Waals surface area contributed by atoms with E-state index in [0.29, 0.717) is 0 Å². The molecule has 0 aliphatic carbocycles. The predicted octanol–water partition coefficient (Wildman–Crippen LogP) is 1.49. The molecule has 0 aromatic heterocycles. The molecule has 2 atom stereocenters. The van der Waals surface area contributed by atoms with E-state index in [1.165, 1.54) is 6.07 Å². The zero-order valence-corrected chi connectivity index (χ0v) is 9.13. The van der Waals surface area contributed by atoms with Crippen molar-refractivity contribution >= 4 is 23.2 Å². The Morgan fingerprint density at radius 1 is 1.33 bits per heavy atom. The van der Waals surface area contributed by atoms with E-state index in [4.69, 9.17) is 28.9 Å². The number of rotatable bonds is 3. The molecule has 4 N–H and O–H groups in total. The summed E-state index contributed by atoms with van der Waals surface area (Å²) in [6.45, 7) is -0.161. The molecule has 6 heteroatoms. The zero-order valence-electron chi connectivity index (χ0n) is 7.62. The highest BCUT2D eigenvalue weighted by Crippen LogP contribution is 2.30. The second-order valence-electron chi connectivity index (χ2n) is 3.04. The lowest BCUT2D eigenvalue weighted by Crippen LogP contribution is -2.27. The Bertz CT molecular complexity index is 362. The van der Waals surface area contributed by atoms with E-state index in [-0.39, 0.29) is 22.2 Å². The Hall–Kier alpha value is -0.390. The molecule has 0 heterocycles. The summed E-state index contributed by atoms with van der Waals surface area (Å²) in [5.41, 5.74) is 5.18. The van der Waals surface area contributed by atoms with Gasteiger partial charge in [-0.3, -0.25) is 0 Å². The topological polar surface area (TPSA) is 66.5 Å². The van der Waals surface area contributed by atoms with Crippen molar-refractivity contribution in [2.45, 2.75) is 12.2 Å². The van der Waals surface area contributed by atoms with Gasteiger partial charge in [0.2, 0.25) is 0 Å². The first-order valence-corrected chi connectivity index (χ1v) is 4.93. The molecule has 0 spiro atoms. The van der Waals surface area contributed by atoms with Crippen molar-refractivity contribution in [3.63, 3.8) is 0 Å². The van der Waals surface area contributed by atoms with E-state index >= 15 is 0 Å². The Morgan fingerprint density at radius 2 is 1.93 bits per heavy atom. The number of nitrogens with two attached hydrogens (primary N) is 1. The third-order valence-corrected chi connectivity index (χ3v) is 2.56. The van der Waals surface area contributed by atoms with Crippen molar-refractivity contribution in [3.05, 3.63) is 33.6 Å². The van der Waals surface area contributed by atoms with Gasteiger partial charge in [0.05, 0.1) is 11.1 Å². The first-order chi connectivity index (χ1) is 6.97. The number of benzene rings is 1. The van der Waals surface area contributed by atoms with Gasteiger partial charge in [-0.05, 0) is 12.1 Å². The molecular weight excluding hydrogens is 244 g/mol. The molecule has 1 aromatic rings. The van der Waals surface area contributed by atoms with Crippen LogP contribution in [-0.4, -0.2) is 22.9 Å². The molecule has 0 saturated carbocycles. The summed E-state index contributed by atoms with van der Waals surface area (Å²) in [6.07, 6.45) is -2.56. The Balaban J connectivity index is 3.13. The summed E-state index contributed by atoms with van der Waals surface area (Å²) in [5.74, 6) is -0.748. The van der Waals surface area contributed by atoms with Gasteiger partial charge in [0.15, 0.2) is 0 Å². The maximum atomic E-state index is 13.1. The first kappa shape index (κ1) is 12.7. The van der Waals surface area contributed by atoms with Crippen LogP contribution in [-0.2, 0) is 0 Å². The zero-order chi connectivity index (χ0) is 11.6. The minimum absolute atomic E-state index is 0.0274. The molecule has 0 aliphatic heterocycles. The number of aliphatic hydroxyl groups excluding tert-OH is 2. The van der Waals surface area contributed by atoms with E-state index in [1.807, 2.05) is 0 Å². The van der Waals surface area contributed by atoms with Crippen LogP contribution >= 0.6 is 23.2 Å². The minimum atomic E-state index is -1.35. The van der Waals surface area contributed by atoms with Crippen LogP contribution in [0.2, 0.25) is 10.0 Å². The molecule has 1 rings (SSSR count). The van der Waals surface area contributed by atoms with Gasteiger partial charge in [-0.2, -0.15) is 0 Å². The highest BCUT2D eigenvalue weighted by molar-refractivity contribution is 6.33. The SMILES string of the molecule is NCC(O)C(O)c1cc(Cl)cc(F)c1Cl. The van der Waals surface area contributed by atoms with Crippen LogP contribution in [0.5, 0.6) is 0 Å². The maximum absolute atomic E-state index is 13.1. The largest absolute Gasteiger partial charge is 0.389 e. The normalized spacial score (nSPS) is 15.1. The fourth-order valence-corrected chi connectivity index (χ4v) is 1.56. The molecule has 1 aromatic carbocycles. The summed E-state index contributed by atoms with van der Waals surface area (Å²) in [5, 5.41) is 18.7. The van der Waals surface area contributed by atoms with Gasteiger partial charge in [-0.25, -0.2) is 4.39 Å². The molecule has 0 saturated heterocycles. The predicted molar refractivity (Wildman–Crippen MR) is 56.4 cm³/mol. The Labute approximate surface area is 96.2 Å². The fraction of sp³-hybridized carbons (Fsp3) is 0.333. The van der Waals surface area contributed by atoms with Crippen molar-refractivity contribution in [2.75, 3.05) is 6.54 Å². The lowest BCUT2D eigenvalue weighted by atomic mass is 10.0. The Kier molecular flexibility index (Phi) is 4.31. The number of hydrogen-bond acceptors (Lipinski definition) is 3. The Morgan fingerprint density at radius 3 is 2.47 bits per heavy atom. The number of halogens is 3. The van der Waals surface area contributed by atoms with E-state index in [0.717, 1.165) is 6.07 Å². The quantitative estimate of drug-likeness (QED) is 0.716. The van der Waals surface area contributed by atoms with Crippen molar-refractivity contribution in [3.8, 4) is 0 Å². The maximum Gasteiger partial charge on any atom is 0.143 e.